The van der Waals surface area contributed by atoms with Gasteiger partial charge in [-0.25, -0.2) is 4.79 Å². The Morgan fingerprint density at radius 3 is 2.96 bits per heavy atom. The van der Waals surface area contributed by atoms with Gasteiger partial charge in [0.2, 0.25) is 0 Å². The highest BCUT2D eigenvalue weighted by Crippen LogP contribution is 2.09. The fraction of sp³-hybridized carbons (Fsp3) is 0.444. The van der Waals surface area contributed by atoms with Crippen LogP contribution in [-0.4, -0.2) is 53.1 Å². The Bertz CT molecular complexity index is 674. The van der Waals surface area contributed by atoms with E-state index >= 15 is 0 Å². The van der Waals surface area contributed by atoms with E-state index in [-0.39, 0.29) is 12.2 Å². The van der Waals surface area contributed by atoms with Gasteiger partial charge in [-0.2, -0.15) is 5.10 Å². The molecule has 7 nitrogen and oxygen atoms in total. The summed E-state index contributed by atoms with van der Waals surface area (Å²) in [5.74, 6) is 0. The number of aromatic nitrogens is 2. The van der Waals surface area contributed by atoms with Gasteiger partial charge < -0.3 is 19.7 Å². The number of carbonyl (C=O) groups excluding carboxylic acids is 1. The number of morpholine rings is 1. The molecule has 0 spiro atoms. The summed E-state index contributed by atoms with van der Waals surface area (Å²) >= 11 is 0. The number of hydrogen-bond donors (Lipinski definition) is 1. The van der Waals surface area contributed by atoms with Crippen LogP contribution in [-0.2, 0) is 29.7 Å². The van der Waals surface area contributed by atoms with Crippen LogP contribution in [0.2, 0.25) is 0 Å². The summed E-state index contributed by atoms with van der Waals surface area (Å²) in [5.41, 5.74) is 2.09. The van der Waals surface area contributed by atoms with Crippen LogP contribution in [0, 0.1) is 0 Å². The smallest absolute Gasteiger partial charge is 0.410 e. The van der Waals surface area contributed by atoms with Crippen molar-refractivity contribution in [2.45, 2.75) is 19.3 Å². The van der Waals surface area contributed by atoms with Crippen molar-refractivity contribution in [2.75, 3.05) is 26.2 Å². The number of rotatable bonds is 6. The minimum Gasteiger partial charge on any atom is -0.445 e. The maximum absolute atomic E-state index is 12.2. The molecule has 25 heavy (non-hydrogen) atoms. The highest BCUT2D eigenvalue weighted by molar-refractivity contribution is 5.67. The Morgan fingerprint density at radius 2 is 2.20 bits per heavy atom. The molecule has 2 aromatic rings. The van der Waals surface area contributed by atoms with Gasteiger partial charge in [0.1, 0.15) is 6.61 Å². The third-order valence-corrected chi connectivity index (χ3v) is 4.20. The average molecular weight is 344 g/mol. The van der Waals surface area contributed by atoms with Crippen molar-refractivity contribution in [2.24, 2.45) is 7.05 Å². The van der Waals surface area contributed by atoms with Gasteiger partial charge in [0.15, 0.2) is 0 Å². The van der Waals surface area contributed by atoms with Crippen molar-refractivity contribution in [3.8, 4) is 0 Å². The fourth-order valence-corrected chi connectivity index (χ4v) is 2.76. The van der Waals surface area contributed by atoms with E-state index in [1.807, 2.05) is 48.1 Å². The molecular formula is C18H24N4O3. The normalized spacial score (nSPS) is 17.5. The van der Waals surface area contributed by atoms with E-state index in [0.29, 0.717) is 32.8 Å². The average Bonchev–Trinajstić information content (AvgIpc) is 3.06. The Kier molecular flexibility index (Phi) is 6.03. The molecule has 134 valence electrons. The van der Waals surface area contributed by atoms with Crippen molar-refractivity contribution >= 4 is 6.09 Å². The first-order valence-electron chi connectivity index (χ1n) is 8.47. The molecule has 1 aliphatic rings. The highest BCUT2D eigenvalue weighted by Gasteiger charge is 2.25. The Balaban J connectivity index is 1.41. The quantitative estimate of drug-likeness (QED) is 0.861. The van der Waals surface area contributed by atoms with Crippen molar-refractivity contribution in [3.05, 3.63) is 53.9 Å². The number of amides is 1. The largest absolute Gasteiger partial charge is 0.445 e. The van der Waals surface area contributed by atoms with Crippen LogP contribution in [0.25, 0.3) is 0 Å². The molecule has 0 radical (unpaired) electrons. The van der Waals surface area contributed by atoms with E-state index < -0.39 is 0 Å². The first-order valence-corrected chi connectivity index (χ1v) is 8.47. The topological polar surface area (TPSA) is 68.6 Å². The number of hydrogen-bond acceptors (Lipinski definition) is 5. The molecule has 1 N–H and O–H groups in total. The fourth-order valence-electron chi connectivity index (χ4n) is 2.76. The van der Waals surface area contributed by atoms with Gasteiger partial charge in [0, 0.05) is 32.9 Å². The number of ether oxygens (including phenoxy) is 2. The van der Waals surface area contributed by atoms with Crippen LogP contribution in [0.4, 0.5) is 4.79 Å². The molecule has 0 saturated carbocycles. The van der Waals surface area contributed by atoms with E-state index in [1.165, 1.54) is 0 Å². The Hall–Kier alpha value is -2.38. The minimum atomic E-state index is -0.288. The molecule has 0 bridgehead atoms. The number of benzene rings is 1. The van der Waals surface area contributed by atoms with Gasteiger partial charge in [-0.1, -0.05) is 30.3 Å². The summed E-state index contributed by atoms with van der Waals surface area (Å²) in [4.78, 5) is 13.9. The standard InChI is InChI=1S/C18H24N4O3/c1-21-16(7-8-20-21)11-19-12-17-13-22(9-10-24-17)18(23)25-14-15-5-3-2-4-6-15/h2-8,17,19H,9-14H2,1H3. The molecule has 7 heteroatoms. The third-order valence-electron chi connectivity index (χ3n) is 4.20. The lowest BCUT2D eigenvalue weighted by atomic mass is 10.2. The van der Waals surface area contributed by atoms with Crippen molar-refractivity contribution in [1.82, 2.24) is 20.0 Å². The summed E-state index contributed by atoms with van der Waals surface area (Å²) in [6.07, 6.45) is 1.45. The maximum atomic E-state index is 12.2. The summed E-state index contributed by atoms with van der Waals surface area (Å²) < 4.78 is 13.0. The molecule has 1 unspecified atom stereocenters. The van der Waals surface area contributed by atoms with Gasteiger partial charge in [0.25, 0.3) is 0 Å². The molecule has 1 aromatic heterocycles. The zero-order chi connectivity index (χ0) is 17.5. The first kappa shape index (κ1) is 17.4. The van der Waals surface area contributed by atoms with E-state index in [2.05, 4.69) is 10.4 Å². The summed E-state index contributed by atoms with van der Waals surface area (Å²) in [7, 11) is 1.92. The Labute approximate surface area is 147 Å². The number of nitrogens with zero attached hydrogens (tertiary/aromatic N) is 3. The van der Waals surface area contributed by atoms with Crippen LogP contribution in [0.15, 0.2) is 42.6 Å². The van der Waals surface area contributed by atoms with E-state index in [4.69, 9.17) is 9.47 Å². The lowest BCUT2D eigenvalue weighted by Crippen LogP contribution is -2.49. The third kappa shape index (κ3) is 5.04. The first-order chi connectivity index (χ1) is 12.2. The van der Waals surface area contributed by atoms with Crippen molar-refractivity contribution < 1.29 is 14.3 Å². The highest BCUT2D eigenvalue weighted by atomic mass is 16.6. The molecule has 1 saturated heterocycles. The van der Waals surface area contributed by atoms with Crippen LogP contribution in [0.5, 0.6) is 0 Å². The lowest BCUT2D eigenvalue weighted by molar-refractivity contribution is -0.0271. The lowest BCUT2D eigenvalue weighted by Gasteiger charge is -2.32. The second-order valence-corrected chi connectivity index (χ2v) is 6.06. The van der Waals surface area contributed by atoms with Crippen molar-refractivity contribution in [1.29, 1.82) is 0 Å². The summed E-state index contributed by atoms with van der Waals surface area (Å²) in [6.45, 7) is 3.30. The molecule has 1 aliphatic heterocycles. The molecular weight excluding hydrogens is 320 g/mol. The molecule has 1 atom stereocenters. The maximum Gasteiger partial charge on any atom is 0.410 e. The van der Waals surface area contributed by atoms with Crippen LogP contribution in [0.1, 0.15) is 11.3 Å². The molecule has 2 heterocycles. The SMILES string of the molecule is Cn1nccc1CNCC1CN(C(=O)OCc2ccccc2)CCO1. The van der Waals surface area contributed by atoms with Crippen LogP contribution >= 0.6 is 0 Å². The zero-order valence-corrected chi connectivity index (χ0v) is 14.4. The van der Waals surface area contributed by atoms with Gasteiger partial charge in [-0.3, -0.25) is 4.68 Å². The monoisotopic (exact) mass is 344 g/mol. The number of nitrogens with one attached hydrogen (secondary N) is 1. The second-order valence-electron chi connectivity index (χ2n) is 6.06. The van der Waals surface area contributed by atoms with E-state index in [9.17, 15) is 4.79 Å². The van der Waals surface area contributed by atoms with Gasteiger partial charge in [-0.05, 0) is 11.6 Å². The Morgan fingerprint density at radius 1 is 1.36 bits per heavy atom. The summed E-state index contributed by atoms with van der Waals surface area (Å²) in [6, 6.07) is 11.7. The zero-order valence-electron chi connectivity index (χ0n) is 14.4. The van der Waals surface area contributed by atoms with E-state index in [1.54, 1.807) is 11.1 Å². The van der Waals surface area contributed by atoms with Crippen molar-refractivity contribution in [3.63, 3.8) is 0 Å². The van der Waals surface area contributed by atoms with E-state index in [0.717, 1.165) is 17.8 Å². The van der Waals surface area contributed by atoms with Crippen LogP contribution < -0.4 is 5.32 Å². The van der Waals surface area contributed by atoms with Gasteiger partial charge in [0.05, 0.1) is 24.9 Å². The number of carbonyl (C=O) groups is 1. The second kappa shape index (κ2) is 8.64. The minimum absolute atomic E-state index is 0.0359. The molecule has 3 rings (SSSR count). The number of aryl methyl sites for hydroxylation is 1. The molecule has 1 amide bonds. The van der Waals surface area contributed by atoms with Gasteiger partial charge >= 0.3 is 6.09 Å². The summed E-state index contributed by atoms with van der Waals surface area (Å²) in [5, 5.41) is 7.49. The van der Waals surface area contributed by atoms with Gasteiger partial charge in [-0.15, -0.1) is 0 Å². The molecule has 1 aromatic carbocycles. The predicted molar refractivity (Wildman–Crippen MR) is 92.9 cm³/mol. The van der Waals surface area contributed by atoms with Crippen LogP contribution in [0.3, 0.4) is 0 Å². The molecule has 1 fully saturated rings. The molecule has 0 aliphatic carbocycles. The predicted octanol–water partition coefficient (Wildman–Crippen LogP) is 1.55.